The molecule has 0 bridgehead atoms. The summed E-state index contributed by atoms with van der Waals surface area (Å²) in [5.41, 5.74) is 0.593. The predicted octanol–water partition coefficient (Wildman–Crippen LogP) is 0.541. The molecule has 0 aliphatic heterocycles. The van der Waals surface area contributed by atoms with Crippen LogP contribution in [-0.4, -0.2) is 33.7 Å². The predicted molar refractivity (Wildman–Crippen MR) is 54.8 cm³/mol. The average molecular weight is 226 g/mol. The smallest absolute Gasteiger partial charge is 0.306 e. The van der Waals surface area contributed by atoms with Crippen LogP contribution in [0.4, 0.5) is 0 Å². The van der Waals surface area contributed by atoms with E-state index in [2.05, 4.69) is 9.72 Å². The van der Waals surface area contributed by atoms with Crippen molar-refractivity contribution in [3.63, 3.8) is 0 Å². The van der Waals surface area contributed by atoms with E-state index in [9.17, 15) is 9.59 Å². The van der Waals surface area contributed by atoms with Gasteiger partial charge in [-0.25, -0.2) is 4.98 Å². The number of nitrogens with zero attached hydrogens (tertiary/aromatic N) is 2. The van der Waals surface area contributed by atoms with Gasteiger partial charge in [-0.2, -0.15) is 0 Å². The van der Waals surface area contributed by atoms with E-state index in [-0.39, 0.29) is 12.8 Å². The Bertz CT molecular complexity index is 386. The molecule has 1 rings (SSSR count). The SMILES string of the molecule is COC(=O)CC(CC(=O)O)c1cn(C)cn1. The number of carbonyl (C=O) groups is 2. The zero-order chi connectivity index (χ0) is 12.1. The molecule has 1 N–H and O–H groups in total. The normalized spacial score (nSPS) is 12.1. The van der Waals surface area contributed by atoms with E-state index in [1.807, 2.05) is 0 Å². The number of carboxylic acids is 1. The van der Waals surface area contributed by atoms with Crippen LogP contribution >= 0.6 is 0 Å². The maximum absolute atomic E-state index is 11.1. The third kappa shape index (κ3) is 3.38. The second-order valence-corrected chi connectivity index (χ2v) is 3.54. The fraction of sp³-hybridized carbons (Fsp3) is 0.500. The highest BCUT2D eigenvalue weighted by Crippen LogP contribution is 2.22. The molecule has 88 valence electrons. The summed E-state index contributed by atoms with van der Waals surface area (Å²) >= 11 is 0. The molecule has 6 heteroatoms. The minimum absolute atomic E-state index is 0.0276. The Labute approximate surface area is 92.9 Å². The van der Waals surface area contributed by atoms with Crippen molar-refractivity contribution < 1.29 is 19.4 Å². The highest BCUT2D eigenvalue weighted by Gasteiger charge is 2.21. The lowest BCUT2D eigenvalue weighted by Gasteiger charge is -2.10. The van der Waals surface area contributed by atoms with Crippen LogP contribution in [0.2, 0.25) is 0 Å². The van der Waals surface area contributed by atoms with Crippen LogP contribution in [0.15, 0.2) is 12.5 Å². The zero-order valence-electron chi connectivity index (χ0n) is 9.21. The summed E-state index contributed by atoms with van der Waals surface area (Å²) < 4.78 is 6.23. The first kappa shape index (κ1) is 12.2. The molecule has 0 aliphatic carbocycles. The lowest BCUT2D eigenvalue weighted by atomic mass is 9.98. The third-order valence-electron chi connectivity index (χ3n) is 2.20. The molecule has 16 heavy (non-hydrogen) atoms. The third-order valence-corrected chi connectivity index (χ3v) is 2.20. The summed E-state index contributed by atoms with van der Waals surface area (Å²) in [6, 6.07) is 0. The number of aromatic nitrogens is 2. The van der Waals surface area contributed by atoms with Crippen molar-refractivity contribution in [1.29, 1.82) is 0 Å². The molecular weight excluding hydrogens is 212 g/mol. The van der Waals surface area contributed by atoms with Crippen LogP contribution in [0.3, 0.4) is 0 Å². The van der Waals surface area contributed by atoms with E-state index in [4.69, 9.17) is 5.11 Å². The second-order valence-electron chi connectivity index (χ2n) is 3.54. The molecule has 0 saturated heterocycles. The van der Waals surface area contributed by atoms with Crippen molar-refractivity contribution in [2.24, 2.45) is 7.05 Å². The fourth-order valence-corrected chi connectivity index (χ4v) is 1.42. The highest BCUT2D eigenvalue weighted by molar-refractivity contribution is 5.73. The molecule has 1 atom stereocenters. The molecule has 1 aromatic heterocycles. The number of carboxylic acid groups (broad SMARTS) is 1. The molecule has 0 spiro atoms. The van der Waals surface area contributed by atoms with Crippen molar-refractivity contribution >= 4 is 11.9 Å². The van der Waals surface area contributed by atoms with Crippen LogP contribution in [0, 0.1) is 0 Å². The van der Waals surface area contributed by atoms with Gasteiger partial charge in [-0.15, -0.1) is 0 Å². The summed E-state index contributed by atoms with van der Waals surface area (Å²) in [4.78, 5) is 25.9. The molecule has 1 aromatic rings. The van der Waals surface area contributed by atoms with E-state index in [0.29, 0.717) is 5.69 Å². The van der Waals surface area contributed by atoms with Crippen LogP contribution < -0.4 is 0 Å². The summed E-state index contributed by atoms with van der Waals surface area (Å²) in [6.45, 7) is 0. The second kappa shape index (κ2) is 5.29. The number of aliphatic carboxylic acids is 1. The van der Waals surface area contributed by atoms with Crippen LogP contribution in [-0.2, 0) is 21.4 Å². The molecule has 0 radical (unpaired) electrons. The number of esters is 1. The van der Waals surface area contributed by atoms with Gasteiger partial charge in [0.25, 0.3) is 0 Å². The molecule has 0 fully saturated rings. The van der Waals surface area contributed by atoms with Crippen molar-refractivity contribution in [2.45, 2.75) is 18.8 Å². The summed E-state index contributed by atoms with van der Waals surface area (Å²) in [5.74, 6) is -1.83. The topological polar surface area (TPSA) is 81.4 Å². The van der Waals surface area contributed by atoms with Gasteiger partial charge in [0.05, 0.1) is 32.0 Å². The standard InChI is InChI=1S/C10H14N2O4/c1-12-5-8(11-6-12)7(3-9(13)14)4-10(15)16-2/h5-7H,3-4H2,1-2H3,(H,13,14). The Balaban J connectivity index is 2.78. The van der Waals surface area contributed by atoms with E-state index in [1.54, 1.807) is 24.1 Å². The number of rotatable bonds is 5. The Morgan fingerprint density at radius 2 is 2.25 bits per heavy atom. The number of methoxy groups -OCH3 is 1. The van der Waals surface area contributed by atoms with Gasteiger partial charge in [0.1, 0.15) is 0 Å². The Morgan fingerprint density at radius 3 is 2.69 bits per heavy atom. The molecule has 0 aromatic carbocycles. The molecule has 0 saturated carbocycles. The van der Waals surface area contributed by atoms with Gasteiger partial charge in [-0.1, -0.05) is 0 Å². The van der Waals surface area contributed by atoms with Crippen molar-refractivity contribution in [3.8, 4) is 0 Å². The number of hydrogen-bond acceptors (Lipinski definition) is 4. The minimum Gasteiger partial charge on any atom is -0.481 e. The molecule has 0 aliphatic rings. The zero-order valence-corrected chi connectivity index (χ0v) is 9.21. The highest BCUT2D eigenvalue weighted by atomic mass is 16.5. The molecule has 1 heterocycles. The first-order valence-corrected chi connectivity index (χ1v) is 4.79. The van der Waals surface area contributed by atoms with Gasteiger partial charge < -0.3 is 14.4 Å². The molecule has 1 unspecified atom stereocenters. The average Bonchev–Trinajstić information content (AvgIpc) is 2.63. The lowest BCUT2D eigenvalue weighted by molar-refractivity contribution is -0.141. The monoisotopic (exact) mass is 226 g/mol. The van der Waals surface area contributed by atoms with Crippen LogP contribution in [0.1, 0.15) is 24.5 Å². The largest absolute Gasteiger partial charge is 0.481 e. The Morgan fingerprint density at radius 1 is 1.56 bits per heavy atom. The number of ether oxygens (including phenoxy) is 1. The van der Waals surface area contributed by atoms with E-state index < -0.39 is 17.9 Å². The summed E-state index contributed by atoms with van der Waals surface area (Å²) in [6.07, 6.45) is 3.17. The Kier molecular flexibility index (Phi) is 4.04. The van der Waals surface area contributed by atoms with Crippen molar-refractivity contribution in [3.05, 3.63) is 18.2 Å². The van der Waals surface area contributed by atoms with Gasteiger partial charge in [-0.05, 0) is 0 Å². The lowest BCUT2D eigenvalue weighted by Crippen LogP contribution is -2.13. The fourth-order valence-electron chi connectivity index (χ4n) is 1.42. The van der Waals surface area contributed by atoms with Crippen molar-refractivity contribution in [1.82, 2.24) is 9.55 Å². The van der Waals surface area contributed by atoms with E-state index in [1.165, 1.54) is 7.11 Å². The maximum Gasteiger partial charge on any atom is 0.306 e. The van der Waals surface area contributed by atoms with Gasteiger partial charge in [-0.3, -0.25) is 9.59 Å². The maximum atomic E-state index is 11.1. The molecule has 6 nitrogen and oxygen atoms in total. The minimum atomic E-state index is -0.959. The summed E-state index contributed by atoms with van der Waals surface area (Å²) in [7, 11) is 3.06. The van der Waals surface area contributed by atoms with Crippen molar-refractivity contribution in [2.75, 3.05) is 7.11 Å². The van der Waals surface area contributed by atoms with Gasteiger partial charge in [0, 0.05) is 19.2 Å². The van der Waals surface area contributed by atoms with E-state index in [0.717, 1.165) is 0 Å². The molecule has 0 amide bonds. The van der Waals surface area contributed by atoms with Crippen LogP contribution in [0.25, 0.3) is 0 Å². The quantitative estimate of drug-likeness (QED) is 0.741. The number of carbonyl (C=O) groups excluding carboxylic acids is 1. The van der Waals surface area contributed by atoms with Gasteiger partial charge in [0.15, 0.2) is 0 Å². The van der Waals surface area contributed by atoms with Crippen LogP contribution in [0.5, 0.6) is 0 Å². The van der Waals surface area contributed by atoms with Gasteiger partial charge >= 0.3 is 11.9 Å². The van der Waals surface area contributed by atoms with E-state index >= 15 is 0 Å². The Hall–Kier alpha value is -1.85. The molecular formula is C10H14N2O4. The number of aryl methyl sites for hydroxylation is 1. The van der Waals surface area contributed by atoms with Gasteiger partial charge in [0.2, 0.25) is 0 Å². The first-order valence-electron chi connectivity index (χ1n) is 4.79. The number of imidazole rings is 1. The number of hydrogen-bond donors (Lipinski definition) is 1. The summed E-state index contributed by atoms with van der Waals surface area (Å²) in [5, 5.41) is 8.75. The first-order chi connectivity index (χ1) is 7.52.